The van der Waals surface area contributed by atoms with Crippen molar-refractivity contribution in [3.05, 3.63) is 164 Å². The Balaban J connectivity index is 0.000000152. The quantitative estimate of drug-likeness (QED) is 0.0203. The normalized spacial score (nSPS) is 13.0. The highest BCUT2D eigenvalue weighted by molar-refractivity contribution is 5.70. The van der Waals surface area contributed by atoms with Gasteiger partial charge in [0.05, 0.1) is 91.2 Å². The van der Waals surface area contributed by atoms with Crippen molar-refractivity contribution in [2.45, 2.75) is 32.5 Å². The molecule has 1 saturated heterocycles. The van der Waals surface area contributed by atoms with Gasteiger partial charge in [0.2, 0.25) is 47.6 Å². The van der Waals surface area contributed by atoms with Crippen molar-refractivity contribution in [2.24, 2.45) is 0 Å². The lowest BCUT2D eigenvalue weighted by Gasteiger charge is -2.35. The van der Waals surface area contributed by atoms with Crippen molar-refractivity contribution < 1.29 is 42.6 Å². The number of aromatic nitrogens is 16. The van der Waals surface area contributed by atoms with E-state index in [1.54, 1.807) is 141 Å². The van der Waals surface area contributed by atoms with Crippen molar-refractivity contribution >= 4 is 76.0 Å². The Hall–Kier alpha value is -14.0. The van der Waals surface area contributed by atoms with E-state index >= 15 is 0 Å². The topological polar surface area (TPSA) is 463 Å². The van der Waals surface area contributed by atoms with Gasteiger partial charge in [-0.15, -0.1) is 20.4 Å². The molecular weight excluding hydrogens is 1350 g/mol. The van der Waals surface area contributed by atoms with Crippen molar-refractivity contribution in [1.29, 1.82) is 5.26 Å². The zero-order chi connectivity index (χ0) is 74.4. The number of ether oxygens (including phenoxy) is 9. The summed E-state index contributed by atoms with van der Waals surface area (Å²) in [5, 5.41) is 38.4. The number of rotatable bonds is 24. The van der Waals surface area contributed by atoms with E-state index in [1.165, 1.54) is 24.9 Å². The molecule has 0 spiro atoms. The second-order valence-corrected chi connectivity index (χ2v) is 22.4. The van der Waals surface area contributed by atoms with Crippen LogP contribution in [0.4, 0.5) is 76.0 Å². The Morgan fingerprint density at radius 3 is 1.33 bits per heavy atom. The van der Waals surface area contributed by atoms with Crippen LogP contribution in [0.5, 0.6) is 46.0 Å². The molecule has 0 amide bonds. The minimum Gasteiger partial charge on any atom is -0.497 e. The van der Waals surface area contributed by atoms with Gasteiger partial charge in [-0.25, -0.2) is 19.9 Å². The van der Waals surface area contributed by atoms with Gasteiger partial charge in [-0.2, -0.15) is 43.9 Å². The summed E-state index contributed by atoms with van der Waals surface area (Å²) >= 11 is 0. The van der Waals surface area contributed by atoms with Crippen molar-refractivity contribution in [3.8, 4) is 75.3 Å². The molecule has 0 bridgehead atoms. The molecule has 4 aromatic carbocycles. The van der Waals surface area contributed by atoms with Crippen LogP contribution in [0.2, 0.25) is 0 Å². The molecule has 2 atom stereocenters. The van der Waals surface area contributed by atoms with Crippen molar-refractivity contribution in [3.63, 3.8) is 0 Å². The van der Waals surface area contributed by atoms with Gasteiger partial charge < -0.3 is 92.6 Å². The van der Waals surface area contributed by atoms with E-state index in [9.17, 15) is 0 Å². The number of benzene rings is 4. The molecule has 0 radical (unpaired) electrons. The van der Waals surface area contributed by atoms with E-state index in [4.69, 9.17) is 76.6 Å². The summed E-state index contributed by atoms with van der Waals surface area (Å²) in [4.78, 5) is 36.0. The number of nitrogens with zero attached hydrogens (tertiary/aromatic N) is 18. The molecule has 0 aliphatic carbocycles. The molecule has 14 N–H and O–H groups in total. The number of morpholine rings is 1. The number of anilines is 13. The number of nitrogen functional groups attached to an aromatic ring is 5. The van der Waals surface area contributed by atoms with Gasteiger partial charge in [-0.3, -0.25) is 4.90 Å². The largest absolute Gasteiger partial charge is 0.497 e. The fraction of sp³-hybridized carbons (Fsp3) is 0.232. The molecule has 36 nitrogen and oxygen atoms in total. The Kier molecular flexibility index (Phi) is 24.9. The molecule has 105 heavy (non-hydrogen) atoms. The predicted octanol–water partition coefficient (Wildman–Crippen LogP) is 8.34. The first kappa shape index (κ1) is 73.8. The van der Waals surface area contributed by atoms with Crippen LogP contribution in [0.3, 0.4) is 0 Å². The van der Waals surface area contributed by atoms with E-state index in [0.29, 0.717) is 122 Å². The fourth-order valence-electron chi connectivity index (χ4n) is 10.4. The summed E-state index contributed by atoms with van der Waals surface area (Å²) in [7, 11) is 11.0. The van der Waals surface area contributed by atoms with Gasteiger partial charge in [0.25, 0.3) is 0 Å². The van der Waals surface area contributed by atoms with E-state index in [0.717, 1.165) is 31.7 Å². The lowest BCUT2D eigenvalue weighted by atomic mass is 10.2. The molecule has 8 aromatic heterocycles. The molecule has 1 fully saturated rings. The number of hydrogen-bond acceptors (Lipinski definition) is 32. The fourth-order valence-corrected chi connectivity index (χ4v) is 10.4. The molecule has 1 aliphatic heterocycles. The van der Waals surface area contributed by atoms with Crippen LogP contribution in [0.1, 0.15) is 25.8 Å². The minimum atomic E-state index is 0.154. The van der Waals surface area contributed by atoms with Crippen LogP contribution in [-0.4, -0.2) is 172 Å². The van der Waals surface area contributed by atoms with Gasteiger partial charge in [0, 0.05) is 80.1 Å². The van der Waals surface area contributed by atoms with Crippen LogP contribution in [0, 0.1) is 11.3 Å². The minimum absolute atomic E-state index is 0.154. The smallest absolute Gasteiger partial charge is 0.249 e. The Bertz CT molecular complexity index is 4820. The van der Waals surface area contributed by atoms with Gasteiger partial charge in [-0.05, 0) is 111 Å². The van der Waals surface area contributed by atoms with Gasteiger partial charge >= 0.3 is 0 Å². The third-order valence-corrected chi connectivity index (χ3v) is 15.1. The van der Waals surface area contributed by atoms with Gasteiger partial charge in [0.1, 0.15) is 29.1 Å². The van der Waals surface area contributed by atoms with Gasteiger partial charge in [0.15, 0.2) is 46.3 Å². The molecule has 9 heterocycles. The molecular formula is C69H79N27O9. The predicted molar refractivity (Wildman–Crippen MR) is 395 cm³/mol. The average molecular weight is 1430 g/mol. The Morgan fingerprint density at radius 2 is 0.886 bits per heavy atom. The maximum absolute atomic E-state index is 8.83. The third kappa shape index (κ3) is 19.3. The molecule has 544 valence electrons. The lowest BCUT2D eigenvalue weighted by molar-refractivity contribution is -0.0686. The summed E-state index contributed by atoms with van der Waals surface area (Å²) in [6.07, 6.45) is 7.90. The van der Waals surface area contributed by atoms with Crippen LogP contribution < -0.4 is 87.8 Å². The standard InChI is InChI=1S/C23H31N7O3.C16H15N7O2.C16H18N6O3.C14H15N7O/c1-16-14-29(15-17(2)33-16)11-6-12-32-19-9-8-18(13-20(19)31-3)26-23-27-22(24)30(28-23)21-7-4-5-10-25-21;1-24-11-4-5-13(25-2)12(7-11)20-16-21-15(18)23(22-16)14-6-3-10(8-17)9-19-14;1-23-11-9-13(25-3)12(24-2)8-10(11)19-16-20-15(17)22(21-16)14-6-4-5-7-18-14;1-22-11-6-5-9(15)8-10(11)18-14-19-13(16)21(20-14)12-4-2-3-7-17-12/h4-5,7-10,13,16-17H,6,11-12,14-15H2,1-3H3,(H3,24,26,27,28);3-7,9H,1-2H3,(H3,18,20,21,22);4-9H,1-3H3,(H3,17,19,20,21);2-8H,15H2,1H3,(H3,16,18,19,20). The Morgan fingerprint density at radius 1 is 0.448 bits per heavy atom. The maximum Gasteiger partial charge on any atom is 0.249 e. The first-order chi connectivity index (χ1) is 51.0. The van der Waals surface area contributed by atoms with Gasteiger partial charge in [-0.1, -0.05) is 18.2 Å². The summed E-state index contributed by atoms with van der Waals surface area (Å²) < 4.78 is 54.8. The Labute approximate surface area is 603 Å². The first-order valence-corrected chi connectivity index (χ1v) is 32.2. The van der Waals surface area contributed by atoms with Crippen LogP contribution in [0.25, 0.3) is 23.3 Å². The number of pyridine rings is 4. The van der Waals surface area contributed by atoms with Crippen LogP contribution >= 0.6 is 0 Å². The molecule has 12 aromatic rings. The highest BCUT2D eigenvalue weighted by atomic mass is 16.5. The summed E-state index contributed by atoms with van der Waals surface area (Å²) in [5.41, 5.74) is 33.2. The number of nitrogens with one attached hydrogen (secondary N) is 4. The van der Waals surface area contributed by atoms with Crippen LogP contribution in [-0.2, 0) is 4.74 Å². The lowest BCUT2D eigenvalue weighted by Crippen LogP contribution is -2.45. The molecule has 36 heteroatoms. The highest BCUT2D eigenvalue weighted by Crippen LogP contribution is 2.39. The SMILES string of the molecule is COc1cc(Nc2nc(N)n(-c3ccccn3)n2)ccc1OCCCN1CC(C)OC(C)C1.COc1cc(OC)c(OC)cc1Nc1nc(N)n(-c2ccccn2)n1.COc1ccc(N)cc1Nc1nc(N)n(-c2ccccn2)n1.COc1ccc(OC)c(Nc2nc(N)n(-c3ccc(C#N)cn3)n2)c1. The van der Waals surface area contributed by atoms with Crippen molar-refractivity contribution in [2.75, 3.05) is 126 Å². The van der Waals surface area contributed by atoms with E-state index in [2.05, 4.69) is 100 Å². The number of methoxy groups -OCH3 is 7. The summed E-state index contributed by atoms with van der Waals surface area (Å²) in [5.74, 6) is 9.15. The number of nitrogens with two attached hydrogens (primary N) is 5. The molecule has 13 rings (SSSR count). The maximum atomic E-state index is 8.83. The molecule has 2 unspecified atom stereocenters. The zero-order valence-corrected chi connectivity index (χ0v) is 58.8. The highest BCUT2D eigenvalue weighted by Gasteiger charge is 2.23. The molecule has 1 aliphatic rings. The summed E-state index contributed by atoms with van der Waals surface area (Å²) in [6, 6.07) is 41.3. The second kappa shape index (κ2) is 35.4. The summed E-state index contributed by atoms with van der Waals surface area (Å²) in [6.45, 7) is 7.74. The van der Waals surface area contributed by atoms with Crippen molar-refractivity contribution in [1.82, 2.24) is 83.9 Å². The average Bonchev–Trinajstić information content (AvgIpc) is 1.79. The zero-order valence-electron chi connectivity index (χ0n) is 58.8. The van der Waals surface area contributed by atoms with E-state index in [-0.39, 0.29) is 41.9 Å². The monoisotopic (exact) mass is 1430 g/mol. The van der Waals surface area contributed by atoms with Crippen LogP contribution in [0.15, 0.2) is 158 Å². The third-order valence-electron chi connectivity index (χ3n) is 15.1. The number of hydrogen-bond donors (Lipinski definition) is 9. The number of nitriles is 1. The second-order valence-electron chi connectivity index (χ2n) is 22.4. The van der Waals surface area contributed by atoms with E-state index in [1.807, 2.05) is 66.7 Å². The first-order valence-electron chi connectivity index (χ1n) is 32.2. The van der Waals surface area contributed by atoms with E-state index < -0.39 is 0 Å². The molecule has 0 saturated carbocycles.